The number of rotatable bonds is 5. The third-order valence-corrected chi connectivity index (χ3v) is 4.07. The molecule has 0 unspecified atom stereocenters. The minimum atomic E-state index is -1.58. The topological polar surface area (TPSA) is 58.6 Å². The number of halogens is 2. The lowest BCUT2D eigenvalue weighted by Gasteiger charge is -2.22. The number of hydrogen-bond donors (Lipinski definition) is 1. The van der Waals surface area contributed by atoms with Crippen LogP contribution in [0.2, 0.25) is 0 Å². The van der Waals surface area contributed by atoms with Crippen molar-refractivity contribution in [3.63, 3.8) is 0 Å². The average Bonchev–Trinajstić information content (AvgIpc) is 2.79. The summed E-state index contributed by atoms with van der Waals surface area (Å²) in [4.78, 5) is 25.7. The summed E-state index contributed by atoms with van der Waals surface area (Å²) in [7, 11) is 0. The molecule has 1 aliphatic rings. The number of imide groups is 1. The molecule has 0 aliphatic carbocycles. The Kier molecular flexibility index (Phi) is 4.39. The van der Waals surface area contributed by atoms with Gasteiger partial charge in [0.1, 0.15) is 29.5 Å². The highest BCUT2D eigenvalue weighted by Crippen LogP contribution is 2.30. The molecule has 1 saturated heterocycles. The van der Waals surface area contributed by atoms with Crippen molar-refractivity contribution in [3.05, 3.63) is 65.7 Å². The number of hydrogen-bond acceptors (Lipinski definition) is 3. The number of benzene rings is 2. The van der Waals surface area contributed by atoms with Gasteiger partial charge >= 0.3 is 6.03 Å². The Labute approximate surface area is 143 Å². The second-order valence-corrected chi connectivity index (χ2v) is 5.80. The molecule has 2 aromatic rings. The van der Waals surface area contributed by atoms with Crippen LogP contribution in [0.1, 0.15) is 12.5 Å². The molecule has 2 aromatic carbocycles. The van der Waals surface area contributed by atoms with Gasteiger partial charge in [0, 0.05) is 11.6 Å². The van der Waals surface area contributed by atoms with E-state index in [4.69, 9.17) is 4.74 Å². The Morgan fingerprint density at radius 1 is 1.12 bits per heavy atom. The monoisotopic (exact) mass is 346 g/mol. The zero-order chi connectivity index (χ0) is 18.0. The van der Waals surface area contributed by atoms with Gasteiger partial charge in [0.2, 0.25) is 0 Å². The minimum absolute atomic E-state index is 0.0119. The minimum Gasteiger partial charge on any atom is -0.492 e. The van der Waals surface area contributed by atoms with Crippen LogP contribution in [0.4, 0.5) is 13.6 Å². The number of nitrogens with one attached hydrogen (secondary N) is 1. The highest BCUT2D eigenvalue weighted by molar-refractivity contribution is 6.07. The molecule has 1 heterocycles. The fourth-order valence-corrected chi connectivity index (χ4v) is 2.75. The standard InChI is InChI=1S/C18H16F2N2O3/c1-18(14-8-7-12(19)11-15(14)20)16(23)22(17(24)21-18)9-10-25-13-5-3-2-4-6-13/h2-8,11H,9-10H2,1H3,(H,21,24)/t18-/m0/s1. The molecule has 3 rings (SSSR count). The van der Waals surface area contributed by atoms with E-state index in [0.29, 0.717) is 11.8 Å². The molecular formula is C18H16F2N2O3. The number of urea groups is 1. The van der Waals surface area contributed by atoms with Crippen LogP contribution in [0.25, 0.3) is 0 Å². The van der Waals surface area contributed by atoms with Crippen LogP contribution in [0.5, 0.6) is 5.75 Å². The Hall–Kier alpha value is -2.96. The molecule has 25 heavy (non-hydrogen) atoms. The average molecular weight is 346 g/mol. The van der Waals surface area contributed by atoms with E-state index in [0.717, 1.165) is 17.0 Å². The SMILES string of the molecule is C[C@@]1(c2ccc(F)cc2F)NC(=O)N(CCOc2ccccc2)C1=O. The van der Waals surface area contributed by atoms with Crippen LogP contribution >= 0.6 is 0 Å². The molecule has 7 heteroatoms. The van der Waals surface area contributed by atoms with E-state index in [2.05, 4.69) is 5.32 Å². The number of nitrogens with zero attached hydrogens (tertiary/aromatic N) is 1. The number of ether oxygens (including phenoxy) is 1. The predicted molar refractivity (Wildman–Crippen MR) is 85.9 cm³/mol. The molecule has 130 valence electrons. The van der Waals surface area contributed by atoms with Crippen molar-refractivity contribution in [1.29, 1.82) is 0 Å². The lowest BCUT2D eigenvalue weighted by molar-refractivity contribution is -0.131. The number of para-hydroxylation sites is 1. The third-order valence-electron chi connectivity index (χ3n) is 4.07. The van der Waals surface area contributed by atoms with Crippen molar-refractivity contribution in [1.82, 2.24) is 10.2 Å². The van der Waals surface area contributed by atoms with Crippen molar-refractivity contribution in [2.45, 2.75) is 12.5 Å². The van der Waals surface area contributed by atoms with Crippen LogP contribution in [0.3, 0.4) is 0 Å². The maximum Gasteiger partial charge on any atom is 0.325 e. The second kappa shape index (κ2) is 6.51. The van der Waals surface area contributed by atoms with Crippen LogP contribution in [0, 0.1) is 11.6 Å². The zero-order valence-corrected chi connectivity index (χ0v) is 13.5. The van der Waals surface area contributed by atoms with E-state index in [9.17, 15) is 18.4 Å². The Morgan fingerprint density at radius 2 is 1.84 bits per heavy atom. The first-order chi connectivity index (χ1) is 11.9. The fourth-order valence-electron chi connectivity index (χ4n) is 2.75. The van der Waals surface area contributed by atoms with Gasteiger partial charge in [-0.25, -0.2) is 13.6 Å². The molecule has 1 N–H and O–H groups in total. The molecule has 5 nitrogen and oxygen atoms in total. The Balaban J connectivity index is 1.73. The molecular weight excluding hydrogens is 330 g/mol. The van der Waals surface area contributed by atoms with Crippen molar-refractivity contribution >= 4 is 11.9 Å². The first-order valence-electron chi connectivity index (χ1n) is 7.69. The summed E-state index contributed by atoms with van der Waals surface area (Å²) in [6, 6.07) is 11.2. The second-order valence-electron chi connectivity index (χ2n) is 5.80. The summed E-state index contributed by atoms with van der Waals surface area (Å²) < 4.78 is 32.6. The van der Waals surface area contributed by atoms with Crippen LogP contribution in [-0.4, -0.2) is 30.0 Å². The van der Waals surface area contributed by atoms with Crippen LogP contribution in [0.15, 0.2) is 48.5 Å². The molecule has 0 aromatic heterocycles. The van der Waals surface area contributed by atoms with Crippen molar-refractivity contribution in [2.75, 3.05) is 13.2 Å². The predicted octanol–water partition coefficient (Wildman–Crippen LogP) is 2.81. The van der Waals surface area contributed by atoms with Gasteiger partial charge < -0.3 is 10.1 Å². The van der Waals surface area contributed by atoms with Crippen LogP contribution < -0.4 is 10.1 Å². The summed E-state index contributed by atoms with van der Waals surface area (Å²) in [6.45, 7) is 1.50. The van der Waals surface area contributed by atoms with Crippen molar-refractivity contribution in [3.8, 4) is 5.75 Å². The van der Waals surface area contributed by atoms with E-state index < -0.39 is 29.1 Å². The lowest BCUT2D eigenvalue weighted by Crippen LogP contribution is -2.42. The molecule has 0 saturated carbocycles. The Bertz CT molecular complexity index is 813. The quantitative estimate of drug-likeness (QED) is 0.847. The van der Waals surface area contributed by atoms with E-state index >= 15 is 0 Å². The zero-order valence-electron chi connectivity index (χ0n) is 13.5. The molecule has 0 bridgehead atoms. The summed E-state index contributed by atoms with van der Waals surface area (Å²) in [6.07, 6.45) is 0. The van der Waals surface area contributed by atoms with Gasteiger partial charge in [-0.05, 0) is 25.1 Å². The molecule has 0 radical (unpaired) electrons. The third kappa shape index (κ3) is 3.17. The molecule has 1 aliphatic heterocycles. The maximum absolute atomic E-state index is 14.1. The van der Waals surface area contributed by atoms with Crippen molar-refractivity contribution in [2.24, 2.45) is 0 Å². The molecule has 0 spiro atoms. The van der Waals surface area contributed by atoms with Gasteiger partial charge in [0.05, 0.1) is 6.54 Å². The molecule has 3 amide bonds. The van der Waals surface area contributed by atoms with Gasteiger partial charge in [-0.15, -0.1) is 0 Å². The van der Waals surface area contributed by atoms with Gasteiger partial charge in [-0.3, -0.25) is 9.69 Å². The lowest BCUT2D eigenvalue weighted by atomic mass is 9.91. The normalized spacial score (nSPS) is 19.9. The number of amides is 3. The van der Waals surface area contributed by atoms with Crippen molar-refractivity contribution < 1.29 is 23.1 Å². The van der Waals surface area contributed by atoms with Gasteiger partial charge in [-0.2, -0.15) is 0 Å². The summed E-state index contributed by atoms with van der Waals surface area (Å²) in [5.74, 6) is -1.64. The van der Waals surface area contributed by atoms with Gasteiger partial charge in [0.15, 0.2) is 0 Å². The fraction of sp³-hybridized carbons (Fsp3) is 0.222. The Morgan fingerprint density at radius 3 is 2.52 bits per heavy atom. The summed E-state index contributed by atoms with van der Waals surface area (Å²) in [5.41, 5.74) is -1.67. The highest BCUT2D eigenvalue weighted by atomic mass is 19.1. The van der Waals surface area contributed by atoms with E-state index in [1.165, 1.54) is 6.92 Å². The van der Waals surface area contributed by atoms with E-state index in [-0.39, 0.29) is 18.7 Å². The first-order valence-corrected chi connectivity index (χ1v) is 7.69. The van der Waals surface area contributed by atoms with E-state index in [1.807, 2.05) is 6.07 Å². The smallest absolute Gasteiger partial charge is 0.325 e. The highest BCUT2D eigenvalue weighted by Gasteiger charge is 2.50. The van der Waals surface area contributed by atoms with E-state index in [1.54, 1.807) is 24.3 Å². The number of carbonyl (C=O) groups excluding carboxylic acids is 2. The van der Waals surface area contributed by atoms with Gasteiger partial charge in [-0.1, -0.05) is 24.3 Å². The molecule has 1 fully saturated rings. The maximum atomic E-state index is 14.1. The summed E-state index contributed by atoms with van der Waals surface area (Å²) >= 11 is 0. The number of carbonyl (C=O) groups is 2. The largest absolute Gasteiger partial charge is 0.492 e. The van der Waals surface area contributed by atoms with Gasteiger partial charge in [0.25, 0.3) is 5.91 Å². The first kappa shape index (κ1) is 16.9. The molecule has 1 atom stereocenters. The summed E-state index contributed by atoms with van der Waals surface area (Å²) in [5, 5.41) is 2.47. The van der Waals surface area contributed by atoms with Crippen LogP contribution in [-0.2, 0) is 10.3 Å².